The van der Waals surface area contributed by atoms with Crippen molar-refractivity contribution in [3.8, 4) is 0 Å². The minimum Gasteiger partial charge on any atom is -0.445 e. The number of hydrogen-bond donors (Lipinski definition) is 1. The fourth-order valence-corrected chi connectivity index (χ4v) is 2.56. The molecule has 1 saturated heterocycles. The van der Waals surface area contributed by atoms with E-state index in [1.54, 1.807) is 4.90 Å². The fourth-order valence-electron chi connectivity index (χ4n) is 2.56. The summed E-state index contributed by atoms with van der Waals surface area (Å²) in [5.41, 5.74) is 0.909. The van der Waals surface area contributed by atoms with Crippen LogP contribution in [0, 0.1) is 5.92 Å². The Balaban J connectivity index is 1.92. The first kappa shape index (κ1) is 18.3. The molecule has 132 valence electrons. The van der Waals surface area contributed by atoms with Gasteiger partial charge < -0.3 is 19.7 Å². The zero-order valence-electron chi connectivity index (χ0n) is 14.4. The molecule has 1 heterocycles. The molecule has 6 nitrogen and oxygen atoms in total. The Hall–Kier alpha value is -2.08. The molecule has 2 rings (SSSR count). The normalized spacial score (nSPS) is 17.0. The van der Waals surface area contributed by atoms with E-state index in [9.17, 15) is 9.59 Å². The van der Waals surface area contributed by atoms with Gasteiger partial charge in [0.2, 0.25) is 5.91 Å². The lowest BCUT2D eigenvalue weighted by molar-refractivity contribution is -0.138. The molecule has 24 heavy (non-hydrogen) atoms. The Morgan fingerprint density at radius 2 is 1.92 bits per heavy atom. The molecule has 2 atom stereocenters. The largest absolute Gasteiger partial charge is 0.445 e. The fraction of sp³-hybridized carbons (Fsp3) is 0.556. The Morgan fingerprint density at radius 3 is 2.54 bits per heavy atom. The van der Waals surface area contributed by atoms with Gasteiger partial charge in [-0.25, -0.2) is 4.79 Å². The first-order valence-corrected chi connectivity index (χ1v) is 8.45. The van der Waals surface area contributed by atoms with Crippen LogP contribution in [0.25, 0.3) is 0 Å². The lowest BCUT2D eigenvalue weighted by atomic mass is 9.98. The highest BCUT2D eigenvalue weighted by Crippen LogP contribution is 2.13. The summed E-state index contributed by atoms with van der Waals surface area (Å²) < 4.78 is 10.5. The summed E-state index contributed by atoms with van der Waals surface area (Å²) in [6.07, 6.45) is 0.227. The second kappa shape index (κ2) is 9.27. The first-order valence-electron chi connectivity index (χ1n) is 8.45. The molecule has 6 heteroatoms. The Kier molecular flexibility index (Phi) is 7.06. The molecule has 0 radical (unpaired) electrons. The van der Waals surface area contributed by atoms with E-state index < -0.39 is 12.1 Å². The van der Waals surface area contributed by atoms with Gasteiger partial charge in [0.15, 0.2) is 0 Å². The third kappa shape index (κ3) is 5.23. The molecule has 1 aliphatic rings. The van der Waals surface area contributed by atoms with Crippen LogP contribution >= 0.6 is 0 Å². The van der Waals surface area contributed by atoms with Gasteiger partial charge in [0.1, 0.15) is 12.6 Å². The van der Waals surface area contributed by atoms with Crippen molar-refractivity contribution in [1.29, 1.82) is 0 Å². The third-order valence-electron chi connectivity index (χ3n) is 4.29. The summed E-state index contributed by atoms with van der Waals surface area (Å²) in [6, 6.07) is 8.89. The minimum atomic E-state index is -0.573. The molecular formula is C18H26N2O4. The first-order chi connectivity index (χ1) is 11.6. The second-order valence-corrected chi connectivity index (χ2v) is 6.01. The van der Waals surface area contributed by atoms with E-state index in [1.165, 1.54) is 0 Å². The van der Waals surface area contributed by atoms with E-state index in [2.05, 4.69) is 5.32 Å². The maximum absolute atomic E-state index is 12.7. The number of ether oxygens (including phenoxy) is 2. The summed E-state index contributed by atoms with van der Waals surface area (Å²) >= 11 is 0. The Morgan fingerprint density at radius 1 is 1.25 bits per heavy atom. The van der Waals surface area contributed by atoms with Crippen molar-refractivity contribution in [3.05, 3.63) is 35.9 Å². The molecule has 0 aromatic heterocycles. The van der Waals surface area contributed by atoms with Crippen molar-refractivity contribution in [3.63, 3.8) is 0 Å². The number of benzene rings is 1. The standard InChI is InChI=1S/C18H26N2O4/c1-3-14(2)16(17(21)20-9-11-23-12-10-20)19-18(22)24-13-15-7-5-4-6-8-15/h4-8,14,16H,3,9-13H2,1-2H3,(H,19,22). The second-order valence-electron chi connectivity index (χ2n) is 6.01. The van der Waals surface area contributed by atoms with Crippen LogP contribution in [0.2, 0.25) is 0 Å². The molecule has 1 N–H and O–H groups in total. The molecule has 1 fully saturated rings. The third-order valence-corrected chi connectivity index (χ3v) is 4.29. The number of carbonyl (C=O) groups is 2. The molecule has 0 spiro atoms. The monoisotopic (exact) mass is 334 g/mol. The van der Waals surface area contributed by atoms with E-state index in [0.717, 1.165) is 12.0 Å². The predicted molar refractivity (Wildman–Crippen MR) is 90.4 cm³/mol. The minimum absolute atomic E-state index is 0.0321. The van der Waals surface area contributed by atoms with Crippen molar-refractivity contribution >= 4 is 12.0 Å². The molecule has 1 aliphatic heterocycles. The van der Waals surface area contributed by atoms with Crippen molar-refractivity contribution in [2.75, 3.05) is 26.3 Å². The van der Waals surface area contributed by atoms with Crippen molar-refractivity contribution in [2.24, 2.45) is 5.92 Å². The average molecular weight is 334 g/mol. The maximum atomic E-state index is 12.7. The summed E-state index contributed by atoms with van der Waals surface area (Å²) in [4.78, 5) is 26.6. The highest BCUT2D eigenvalue weighted by Gasteiger charge is 2.31. The number of hydrogen-bond acceptors (Lipinski definition) is 4. The smallest absolute Gasteiger partial charge is 0.408 e. The number of amides is 2. The van der Waals surface area contributed by atoms with Gasteiger partial charge in [0.25, 0.3) is 0 Å². The van der Waals surface area contributed by atoms with Gasteiger partial charge in [0, 0.05) is 13.1 Å². The topological polar surface area (TPSA) is 67.9 Å². The maximum Gasteiger partial charge on any atom is 0.408 e. The van der Waals surface area contributed by atoms with Crippen LogP contribution in [0.15, 0.2) is 30.3 Å². The lowest BCUT2D eigenvalue weighted by Crippen LogP contribution is -2.54. The highest BCUT2D eigenvalue weighted by molar-refractivity contribution is 5.86. The summed E-state index contributed by atoms with van der Waals surface area (Å²) in [6.45, 7) is 6.35. The van der Waals surface area contributed by atoms with Crippen molar-refractivity contribution in [1.82, 2.24) is 10.2 Å². The van der Waals surface area contributed by atoms with Crippen molar-refractivity contribution < 1.29 is 19.1 Å². The highest BCUT2D eigenvalue weighted by atomic mass is 16.5. The van der Waals surface area contributed by atoms with Gasteiger partial charge in [-0.2, -0.15) is 0 Å². The van der Waals surface area contributed by atoms with Crippen molar-refractivity contribution in [2.45, 2.75) is 32.9 Å². The van der Waals surface area contributed by atoms with Crippen LogP contribution in [0.4, 0.5) is 4.79 Å². The SMILES string of the molecule is CCC(C)C(NC(=O)OCc1ccccc1)C(=O)N1CCOCC1. The van der Waals surface area contributed by atoms with E-state index >= 15 is 0 Å². The Labute approximate surface area is 143 Å². The summed E-state index contributed by atoms with van der Waals surface area (Å²) in [5, 5.41) is 2.74. The number of rotatable bonds is 6. The van der Waals surface area contributed by atoms with Gasteiger partial charge in [-0.3, -0.25) is 4.79 Å². The van der Waals surface area contributed by atoms with Gasteiger partial charge in [-0.05, 0) is 11.5 Å². The van der Waals surface area contributed by atoms with E-state index in [0.29, 0.717) is 26.3 Å². The molecular weight excluding hydrogens is 308 g/mol. The Bertz CT molecular complexity index is 529. The van der Waals surface area contributed by atoms with Crippen LogP contribution in [0.1, 0.15) is 25.8 Å². The van der Waals surface area contributed by atoms with Gasteiger partial charge in [-0.1, -0.05) is 50.6 Å². The lowest BCUT2D eigenvalue weighted by Gasteiger charge is -2.32. The summed E-state index contributed by atoms with van der Waals surface area (Å²) in [5.74, 6) is -0.0334. The van der Waals surface area contributed by atoms with Crippen LogP contribution < -0.4 is 5.32 Å². The predicted octanol–water partition coefficient (Wildman–Crippen LogP) is 2.19. The van der Waals surface area contributed by atoms with E-state index in [4.69, 9.17) is 9.47 Å². The van der Waals surface area contributed by atoms with E-state index in [-0.39, 0.29) is 18.4 Å². The molecule has 0 aliphatic carbocycles. The van der Waals surface area contributed by atoms with Gasteiger partial charge >= 0.3 is 6.09 Å². The van der Waals surface area contributed by atoms with E-state index in [1.807, 2.05) is 44.2 Å². The molecule has 2 unspecified atom stereocenters. The van der Waals surface area contributed by atoms with Crippen LogP contribution in [0.5, 0.6) is 0 Å². The molecule has 2 amide bonds. The number of nitrogens with one attached hydrogen (secondary N) is 1. The van der Waals surface area contributed by atoms with Crippen LogP contribution in [-0.2, 0) is 20.9 Å². The van der Waals surface area contributed by atoms with Gasteiger partial charge in [0.05, 0.1) is 13.2 Å². The molecule has 0 bridgehead atoms. The van der Waals surface area contributed by atoms with Crippen LogP contribution in [0.3, 0.4) is 0 Å². The molecule has 0 saturated carbocycles. The molecule has 1 aromatic rings. The number of morpholine rings is 1. The average Bonchev–Trinajstić information content (AvgIpc) is 2.65. The zero-order valence-corrected chi connectivity index (χ0v) is 14.4. The van der Waals surface area contributed by atoms with Crippen LogP contribution in [-0.4, -0.2) is 49.2 Å². The quantitative estimate of drug-likeness (QED) is 0.866. The van der Waals surface area contributed by atoms with Gasteiger partial charge in [-0.15, -0.1) is 0 Å². The summed E-state index contributed by atoms with van der Waals surface area (Å²) in [7, 11) is 0. The number of alkyl carbamates (subject to hydrolysis) is 1. The number of carbonyl (C=O) groups excluding carboxylic acids is 2. The molecule has 1 aromatic carbocycles. The number of nitrogens with zero attached hydrogens (tertiary/aromatic N) is 1. The zero-order chi connectivity index (χ0) is 17.4.